The second-order valence-electron chi connectivity index (χ2n) is 4.28. The van der Waals surface area contributed by atoms with E-state index in [1.807, 2.05) is 13.2 Å². The van der Waals surface area contributed by atoms with E-state index in [4.69, 9.17) is 10.5 Å². The van der Waals surface area contributed by atoms with Gasteiger partial charge < -0.3 is 10.5 Å². The molecule has 0 saturated carbocycles. The summed E-state index contributed by atoms with van der Waals surface area (Å²) < 4.78 is 20.5. The average molecular weight is 249 g/mol. The van der Waals surface area contributed by atoms with Crippen molar-refractivity contribution < 1.29 is 9.13 Å². The monoisotopic (exact) mass is 249 g/mol. The number of rotatable bonds is 4. The molecule has 1 heterocycles. The van der Waals surface area contributed by atoms with Gasteiger partial charge in [-0.05, 0) is 25.1 Å². The summed E-state index contributed by atoms with van der Waals surface area (Å²) in [5, 5.41) is 4.05. The normalized spacial score (nSPS) is 12.4. The summed E-state index contributed by atoms with van der Waals surface area (Å²) in [6.07, 6.45) is 3.60. The minimum Gasteiger partial charge on any atom is -0.488 e. The fraction of sp³-hybridized carbons (Fsp3) is 0.308. The molecule has 0 unspecified atom stereocenters. The fourth-order valence-corrected chi connectivity index (χ4v) is 1.71. The Labute approximate surface area is 105 Å². The summed E-state index contributed by atoms with van der Waals surface area (Å²) in [5.41, 5.74) is 7.41. The SMILES string of the molecule is C[C@@H](N)c1cc(F)ccc1OCc1cnn(C)c1. The van der Waals surface area contributed by atoms with Crippen LogP contribution in [0.25, 0.3) is 0 Å². The standard InChI is InChI=1S/C13H16FN3O/c1-9(15)12-5-11(14)3-4-13(12)18-8-10-6-16-17(2)7-10/h3-7,9H,8,15H2,1-2H3/t9-/m1/s1. The van der Waals surface area contributed by atoms with Crippen molar-refractivity contribution in [3.8, 4) is 5.75 Å². The topological polar surface area (TPSA) is 53.1 Å². The summed E-state index contributed by atoms with van der Waals surface area (Å²) >= 11 is 0. The Morgan fingerprint density at radius 3 is 2.89 bits per heavy atom. The first kappa shape index (κ1) is 12.6. The highest BCUT2D eigenvalue weighted by Gasteiger charge is 2.10. The average Bonchev–Trinajstić information content (AvgIpc) is 2.73. The van der Waals surface area contributed by atoms with Gasteiger partial charge in [0.2, 0.25) is 0 Å². The van der Waals surface area contributed by atoms with Crippen LogP contribution in [0.1, 0.15) is 24.1 Å². The van der Waals surface area contributed by atoms with E-state index in [-0.39, 0.29) is 11.9 Å². The van der Waals surface area contributed by atoms with Gasteiger partial charge in [0.05, 0.1) is 6.20 Å². The minimum atomic E-state index is -0.309. The number of benzene rings is 1. The van der Waals surface area contributed by atoms with Gasteiger partial charge in [-0.3, -0.25) is 4.68 Å². The molecule has 2 rings (SSSR count). The van der Waals surface area contributed by atoms with Crippen molar-refractivity contribution >= 4 is 0 Å². The van der Waals surface area contributed by atoms with Crippen LogP contribution in [-0.4, -0.2) is 9.78 Å². The van der Waals surface area contributed by atoms with Gasteiger partial charge >= 0.3 is 0 Å². The number of halogens is 1. The molecule has 4 nitrogen and oxygen atoms in total. The second kappa shape index (κ2) is 5.18. The van der Waals surface area contributed by atoms with Gasteiger partial charge in [0.15, 0.2) is 0 Å². The fourth-order valence-electron chi connectivity index (χ4n) is 1.71. The van der Waals surface area contributed by atoms with Crippen LogP contribution in [0.15, 0.2) is 30.6 Å². The Hall–Kier alpha value is -1.88. The smallest absolute Gasteiger partial charge is 0.124 e. The molecule has 2 N–H and O–H groups in total. The maximum Gasteiger partial charge on any atom is 0.124 e. The molecule has 0 aliphatic rings. The van der Waals surface area contributed by atoms with Crippen LogP contribution in [0.3, 0.4) is 0 Å². The van der Waals surface area contributed by atoms with Gasteiger partial charge in [-0.25, -0.2) is 4.39 Å². The zero-order valence-corrected chi connectivity index (χ0v) is 10.4. The van der Waals surface area contributed by atoms with Crippen LogP contribution >= 0.6 is 0 Å². The predicted octanol–water partition coefficient (Wildman–Crippen LogP) is 2.16. The Morgan fingerprint density at radius 2 is 2.28 bits per heavy atom. The third-order valence-corrected chi connectivity index (χ3v) is 2.62. The number of hydrogen-bond donors (Lipinski definition) is 1. The van der Waals surface area contributed by atoms with Crippen molar-refractivity contribution in [1.82, 2.24) is 9.78 Å². The van der Waals surface area contributed by atoms with Crippen LogP contribution in [0.5, 0.6) is 5.75 Å². The largest absolute Gasteiger partial charge is 0.488 e. The zero-order valence-electron chi connectivity index (χ0n) is 10.4. The van der Waals surface area contributed by atoms with E-state index in [2.05, 4.69) is 5.10 Å². The summed E-state index contributed by atoms with van der Waals surface area (Å²) in [5.74, 6) is 0.297. The maximum atomic E-state index is 13.1. The molecule has 1 aromatic heterocycles. The van der Waals surface area contributed by atoms with Gasteiger partial charge in [-0.1, -0.05) is 0 Å². The lowest BCUT2D eigenvalue weighted by atomic mass is 10.1. The molecule has 0 radical (unpaired) electrons. The summed E-state index contributed by atoms with van der Waals surface area (Å²) in [4.78, 5) is 0. The molecule has 5 heteroatoms. The molecule has 96 valence electrons. The molecule has 0 aliphatic carbocycles. The van der Waals surface area contributed by atoms with Crippen molar-refractivity contribution in [2.45, 2.75) is 19.6 Å². The molecule has 1 atom stereocenters. The van der Waals surface area contributed by atoms with Crippen molar-refractivity contribution in [3.05, 3.63) is 47.5 Å². The number of ether oxygens (including phenoxy) is 1. The van der Waals surface area contributed by atoms with E-state index in [1.54, 1.807) is 23.9 Å². The third-order valence-electron chi connectivity index (χ3n) is 2.62. The first-order chi connectivity index (χ1) is 8.56. The molecule has 0 fully saturated rings. The van der Waals surface area contributed by atoms with Gasteiger partial charge in [0.1, 0.15) is 18.2 Å². The molecule has 18 heavy (non-hydrogen) atoms. The highest BCUT2D eigenvalue weighted by atomic mass is 19.1. The van der Waals surface area contributed by atoms with Crippen molar-refractivity contribution in [3.63, 3.8) is 0 Å². The van der Waals surface area contributed by atoms with Crippen molar-refractivity contribution in [1.29, 1.82) is 0 Å². The Balaban J connectivity index is 2.13. The molecule has 1 aromatic carbocycles. The zero-order chi connectivity index (χ0) is 13.1. The van der Waals surface area contributed by atoms with Crippen molar-refractivity contribution in [2.24, 2.45) is 12.8 Å². The van der Waals surface area contributed by atoms with Crippen molar-refractivity contribution in [2.75, 3.05) is 0 Å². The lowest BCUT2D eigenvalue weighted by Gasteiger charge is -2.13. The van der Waals surface area contributed by atoms with Crippen LogP contribution in [-0.2, 0) is 13.7 Å². The van der Waals surface area contributed by atoms with Gasteiger partial charge in [-0.15, -0.1) is 0 Å². The van der Waals surface area contributed by atoms with E-state index in [9.17, 15) is 4.39 Å². The van der Waals surface area contributed by atoms with E-state index >= 15 is 0 Å². The number of nitrogens with zero attached hydrogens (tertiary/aromatic N) is 2. The second-order valence-corrected chi connectivity index (χ2v) is 4.28. The molecular formula is C13H16FN3O. The number of aryl methyl sites for hydroxylation is 1. The molecular weight excluding hydrogens is 233 g/mol. The molecule has 0 bridgehead atoms. The van der Waals surface area contributed by atoms with E-state index < -0.39 is 0 Å². The maximum absolute atomic E-state index is 13.1. The Kier molecular flexibility index (Phi) is 3.62. The summed E-state index contributed by atoms with van der Waals surface area (Å²) in [7, 11) is 1.84. The Bertz CT molecular complexity index is 537. The number of hydrogen-bond acceptors (Lipinski definition) is 3. The summed E-state index contributed by atoms with van der Waals surface area (Å²) in [6.45, 7) is 2.19. The Morgan fingerprint density at radius 1 is 1.50 bits per heavy atom. The molecule has 0 saturated heterocycles. The van der Waals surface area contributed by atoms with E-state index in [0.717, 1.165) is 5.56 Å². The number of nitrogens with two attached hydrogens (primary N) is 1. The highest BCUT2D eigenvalue weighted by molar-refractivity contribution is 5.36. The van der Waals surface area contributed by atoms with Crippen LogP contribution in [0, 0.1) is 5.82 Å². The molecule has 0 spiro atoms. The number of aromatic nitrogens is 2. The van der Waals surface area contributed by atoms with Crippen LogP contribution in [0.4, 0.5) is 4.39 Å². The molecule has 0 aliphatic heterocycles. The molecule has 2 aromatic rings. The first-order valence-corrected chi connectivity index (χ1v) is 5.71. The lowest BCUT2D eigenvalue weighted by Crippen LogP contribution is -2.08. The first-order valence-electron chi connectivity index (χ1n) is 5.71. The van der Waals surface area contributed by atoms with E-state index in [0.29, 0.717) is 17.9 Å². The van der Waals surface area contributed by atoms with Gasteiger partial charge in [0.25, 0.3) is 0 Å². The van der Waals surface area contributed by atoms with Crippen LogP contribution < -0.4 is 10.5 Å². The lowest BCUT2D eigenvalue weighted by molar-refractivity contribution is 0.301. The quantitative estimate of drug-likeness (QED) is 0.903. The highest BCUT2D eigenvalue weighted by Crippen LogP contribution is 2.25. The predicted molar refractivity (Wildman–Crippen MR) is 66.5 cm³/mol. The summed E-state index contributed by atoms with van der Waals surface area (Å²) in [6, 6.07) is 4.10. The molecule has 0 amide bonds. The third kappa shape index (κ3) is 2.87. The van der Waals surface area contributed by atoms with E-state index in [1.165, 1.54) is 12.1 Å². The van der Waals surface area contributed by atoms with Crippen LogP contribution in [0.2, 0.25) is 0 Å². The minimum absolute atomic E-state index is 0.274. The van der Waals surface area contributed by atoms with Gasteiger partial charge in [-0.2, -0.15) is 5.10 Å². The van der Waals surface area contributed by atoms with Gasteiger partial charge in [0, 0.05) is 30.4 Å².